The number of ketones is 1. The van der Waals surface area contributed by atoms with Crippen LogP contribution in [0.4, 0.5) is 0 Å². The lowest BCUT2D eigenvalue weighted by molar-refractivity contribution is 0.0927. The molecule has 1 atom stereocenters. The van der Waals surface area contributed by atoms with Crippen LogP contribution < -0.4 is 5.32 Å². The van der Waals surface area contributed by atoms with E-state index in [1.807, 2.05) is 12.1 Å². The summed E-state index contributed by atoms with van der Waals surface area (Å²) in [6.07, 6.45) is 3.17. The van der Waals surface area contributed by atoms with E-state index in [9.17, 15) is 4.79 Å². The van der Waals surface area contributed by atoms with E-state index >= 15 is 0 Å². The Hall–Kier alpha value is -1.65. The number of aromatic nitrogens is 2. The van der Waals surface area contributed by atoms with Crippen molar-refractivity contribution in [2.24, 2.45) is 0 Å². The number of nitrogens with zero attached hydrogens (tertiary/aromatic N) is 2. The first kappa shape index (κ1) is 14.3. The van der Waals surface area contributed by atoms with Gasteiger partial charge in [0.15, 0.2) is 5.78 Å². The fraction of sp³-hybridized carbons (Fsp3) is 0.375. The number of carbonyl (C=O) groups is 1. The monoisotopic (exact) mass is 303 g/mol. The summed E-state index contributed by atoms with van der Waals surface area (Å²) in [7, 11) is 0. The topological polar surface area (TPSA) is 46.9 Å². The number of rotatable bonds is 4. The SMILES string of the molecule is CCCn1ncc(Cl)c1C(=O)C1Cc2ccccc2CN1. The first-order valence-electron chi connectivity index (χ1n) is 7.26. The molecule has 4 nitrogen and oxygen atoms in total. The summed E-state index contributed by atoms with van der Waals surface area (Å²) in [6.45, 7) is 3.47. The molecule has 21 heavy (non-hydrogen) atoms. The van der Waals surface area contributed by atoms with Gasteiger partial charge < -0.3 is 5.32 Å². The van der Waals surface area contributed by atoms with Crippen LogP contribution in [0.1, 0.15) is 35.0 Å². The Morgan fingerprint density at radius 1 is 1.43 bits per heavy atom. The summed E-state index contributed by atoms with van der Waals surface area (Å²) in [4.78, 5) is 12.8. The molecule has 5 heteroatoms. The second-order valence-corrected chi connectivity index (χ2v) is 5.74. The Balaban J connectivity index is 1.85. The largest absolute Gasteiger partial charge is 0.303 e. The van der Waals surface area contributed by atoms with Crippen LogP contribution in [0, 0.1) is 0 Å². The van der Waals surface area contributed by atoms with Gasteiger partial charge in [-0.05, 0) is 24.0 Å². The van der Waals surface area contributed by atoms with Crippen molar-refractivity contribution in [3.05, 3.63) is 52.3 Å². The van der Waals surface area contributed by atoms with Crippen LogP contribution in [0.3, 0.4) is 0 Å². The van der Waals surface area contributed by atoms with Gasteiger partial charge in [0, 0.05) is 13.1 Å². The van der Waals surface area contributed by atoms with Crippen molar-refractivity contribution in [1.82, 2.24) is 15.1 Å². The molecule has 0 saturated heterocycles. The molecule has 0 bridgehead atoms. The zero-order valence-corrected chi connectivity index (χ0v) is 12.7. The summed E-state index contributed by atoms with van der Waals surface area (Å²) >= 11 is 6.16. The molecule has 3 rings (SSSR count). The van der Waals surface area contributed by atoms with Gasteiger partial charge in [-0.1, -0.05) is 42.8 Å². The molecule has 2 heterocycles. The molecule has 1 aliphatic heterocycles. The number of hydrogen-bond acceptors (Lipinski definition) is 3. The van der Waals surface area contributed by atoms with E-state index in [1.54, 1.807) is 10.9 Å². The van der Waals surface area contributed by atoms with Crippen LogP contribution in [0.5, 0.6) is 0 Å². The highest BCUT2D eigenvalue weighted by Crippen LogP contribution is 2.22. The van der Waals surface area contributed by atoms with E-state index in [0.29, 0.717) is 30.2 Å². The Labute approximate surface area is 129 Å². The molecule has 0 aliphatic carbocycles. The average Bonchev–Trinajstić information content (AvgIpc) is 2.87. The zero-order chi connectivity index (χ0) is 14.8. The molecule has 110 valence electrons. The molecule has 0 saturated carbocycles. The minimum atomic E-state index is -0.232. The number of halogens is 1. The number of Topliss-reactive ketones (excluding diaryl/α,β-unsaturated/α-hetero) is 1. The quantitative estimate of drug-likeness (QED) is 0.884. The van der Waals surface area contributed by atoms with Crippen LogP contribution >= 0.6 is 11.6 Å². The Morgan fingerprint density at radius 3 is 2.95 bits per heavy atom. The van der Waals surface area contributed by atoms with Gasteiger partial charge in [0.05, 0.1) is 17.3 Å². The average molecular weight is 304 g/mol. The Bertz CT molecular complexity index is 665. The van der Waals surface area contributed by atoms with E-state index in [4.69, 9.17) is 11.6 Å². The number of fused-ring (bicyclic) bond motifs is 1. The van der Waals surface area contributed by atoms with E-state index in [1.165, 1.54) is 11.1 Å². The molecule has 0 spiro atoms. The minimum absolute atomic E-state index is 0.0282. The van der Waals surface area contributed by atoms with Crippen molar-refractivity contribution >= 4 is 17.4 Å². The highest BCUT2D eigenvalue weighted by molar-refractivity contribution is 6.33. The second kappa shape index (κ2) is 6.00. The van der Waals surface area contributed by atoms with E-state index in [2.05, 4.69) is 29.5 Å². The lowest BCUT2D eigenvalue weighted by Gasteiger charge is -2.25. The zero-order valence-electron chi connectivity index (χ0n) is 12.0. The van der Waals surface area contributed by atoms with Gasteiger partial charge in [-0.2, -0.15) is 5.10 Å². The molecule has 1 aromatic heterocycles. The highest BCUT2D eigenvalue weighted by Gasteiger charge is 2.28. The summed E-state index contributed by atoms with van der Waals surface area (Å²) in [5, 5.41) is 7.95. The third-order valence-electron chi connectivity index (χ3n) is 3.86. The first-order valence-corrected chi connectivity index (χ1v) is 7.64. The maximum absolute atomic E-state index is 12.8. The summed E-state index contributed by atoms with van der Waals surface area (Å²) < 4.78 is 1.72. The maximum atomic E-state index is 12.8. The van der Waals surface area contributed by atoms with Crippen molar-refractivity contribution in [3.8, 4) is 0 Å². The summed E-state index contributed by atoms with van der Waals surface area (Å²) in [5.74, 6) is 0.0282. The predicted octanol–water partition coefficient (Wildman–Crippen LogP) is 2.84. The number of aryl methyl sites for hydroxylation is 1. The second-order valence-electron chi connectivity index (χ2n) is 5.33. The van der Waals surface area contributed by atoms with Crippen LogP contribution in [0.15, 0.2) is 30.5 Å². The maximum Gasteiger partial charge on any atom is 0.199 e. The lowest BCUT2D eigenvalue weighted by atomic mass is 9.93. The molecule has 2 aromatic rings. The van der Waals surface area contributed by atoms with Crippen LogP contribution in [-0.4, -0.2) is 21.6 Å². The van der Waals surface area contributed by atoms with Crippen molar-refractivity contribution in [2.45, 2.75) is 38.9 Å². The highest BCUT2D eigenvalue weighted by atomic mass is 35.5. The van der Waals surface area contributed by atoms with Gasteiger partial charge >= 0.3 is 0 Å². The van der Waals surface area contributed by atoms with Gasteiger partial charge in [0.25, 0.3) is 0 Å². The Morgan fingerprint density at radius 2 is 2.19 bits per heavy atom. The number of hydrogen-bond donors (Lipinski definition) is 1. The number of nitrogens with one attached hydrogen (secondary N) is 1. The smallest absolute Gasteiger partial charge is 0.199 e. The molecule has 0 radical (unpaired) electrons. The third kappa shape index (κ3) is 2.74. The number of carbonyl (C=O) groups excluding carboxylic acids is 1. The normalized spacial score (nSPS) is 17.5. The molecule has 0 fully saturated rings. The van der Waals surface area contributed by atoms with Gasteiger partial charge in [0.1, 0.15) is 5.69 Å². The molecular weight excluding hydrogens is 286 g/mol. The standard InChI is InChI=1S/C16H18ClN3O/c1-2-7-20-15(13(17)10-19-20)16(21)14-8-11-5-3-4-6-12(11)9-18-14/h3-6,10,14,18H,2,7-9H2,1H3. The first-order chi connectivity index (χ1) is 10.2. The molecule has 1 unspecified atom stereocenters. The molecule has 0 amide bonds. The predicted molar refractivity (Wildman–Crippen MR) is 82.6 cm³/mol. The van der Waals surface area contributed by atoms with Gasteiger partial charge in [-0.3, -0.25) is 9.48 Å². The lowest BCUT2D eigenvalue weighted by Crippen LogP contribution is -2.42. The molecule has 1 N–H and O–H groups in total. The fourth-order valence-corrected chi connectivity index (χ4v) is 3.03. The summed E-state index contributed by atoms with van der Waals surface area (Å²) in [5.41, 5.74) is 3.01. The van der Waals surface area contributed by atoms with Crippen molar-refractivity contribution in [3.63, 3.8) is 0 Å². The van der Waals surface area contributed by atoms with Crippen molar-refractivity contribution in [1.29, 1.82) is 0 Å². The van der Waals surface area contributed by atoms with Crippen molar-refractivity contribution < 1.29 is 4.79 Å². The third-order valence-corrected chi connectivity index (χ3v) is 4.14. The van der Waals surface area contributed by atoms with Crippen LogP contribution in [0.2, 0.25) is 5.02 Å². The van der Waals surface area contributed by atoms with Crippen LogP contribution in [0.25, 0.3) is 0 Å². The van der Waals surface area contributed by atoms with E-state index < -0.39 is 0 Å². The Kier molecular flexibility index (Phi) is 4.08. The molecular formula is C16H18ClN3O. The van der Waals surface area contributed by atoms with Gasteiger partial charge in [-0.25, -0.2) is 0 Å². The minimum Gasteiger partial charge on any atom is -0.303 e. The van der Waals surface area contributed by atoms with Gasteiger partial charge in [-0.15, -0.1) is 0 Å². The van der Waals surface area contributed by atoms with E-state index in [-0.39, 0.29) is 11.8 Å². The molecule has 1 aromatic carbocycles. The fourth-order valence-electron chi connectivity index (χ4n) is 2.79. The van der Waals surface area contributed by atoms with Crippen molar-refractivity contribution in [2.75, 3.05) is 0 Å². The van der Waals surface area contributed by atoms with Gasteiger partial charge in [0.2, 0.25) is 0 Å². The summed E-state index contributed by atoms with van der Waals surface area (Å²) in [6, 6.07) is 7.99. The van der Waals surface area contributed by atoms with E-state index in [0.717, 1.165) is 6.42 Å². The van der Waals surface area contributed by atoms with Crippen LogP contribution in [-0.2, 0) is 19.5 Å². The molecule has 1 aliphatic rings. The number of benzene rings is 1.